The first-order chi connectivity index (χ1) is 8.74. The number of halogens is 1. The largest absolute Gasteiger partial charge is 0.496 e. The van der Waals surface area contributed by atoms with Gasteiger partial charge in [0.15, 0.2) is 11.7 Å². The van der Waals surface area contributed by atoms with E-state index < -0.39 is 0 Å². The van der Waals surface area contributed by atoms with Crippen LogP contribution < -0.4 is 10.5 Å². The molecule has 1 heterocycles. The van der Waals surface area contributed by atoms with Gasteiger partial charge in [0.25, 0.3) is 0 Å². The van der Waals surface area contributed by atoms with Crippen LogP contribution in [0, 0.1) is 0 Å². The summed E-state index contributed by atoms with van der Waals surface area (Å²) < 4.78 is 10.9. The summed E-state index contributed by atoms with van der Waals surface area (Å²) in [7, 11) is 1.61. The van der Waals surface area contributed by atoms with Crippen LogP contribution in [0.2, 0.25) is 5.02 Å². The summed E-state index contributed by atoms with van der Waals surface area (Å²) in [6.07, 6.45) is 3.27. The fraction of sp³-hybridized carbons (Fsp3) is 0.308. The van der Waals surface area contributed by atoms with Crippen molar-refractivity contribution in [2.45, 2.75) is 12.8 Å². The number of rotatable bonds is 5. The van der Waals surface area contributed by atoms with E-state index >= 15 is 0 Å². The fourth-order valence-electron chi connectivity index (χ4n) is 1.68. The van der Waals surface area contributed by atoms with Crippen LogP contribution >= 0.6 is 11.6 Å². The molecule has 0 saturated heterocycles. The SMILES string of the molecule is COc1ccc(Cl)cc1-c1cnc(CCCN)o1. The fourth-order valence-corrected chi connectivity index (χ4v) is 1.85. The first-order valence-electron chi connectivity index (χ1n) is 5.73. The number of methoxy groups -OCH3 is 1. The molecule has 4 nitrogen and oxygen atoms in total. The van der Waals surface area contributed by atoms with Crippen molar-refractivity contribution >= 4 is 11.6 Å². The van der Waals surface area contributed by atoms with Gasteiger partial charge in [-0.25, -0.2) is 4.98 Å². The zero-order valence-corrected chi connectivity index (χ0v) is 10.9. The zero-order valence-electron chi connectivity index (χ0n) is 10.1. The van der Waals surface area contributed by atoms with Gasteiger partial charge in [0.05, 0.1) is 18.9 Å². The van der Waals surface area contributed by atoms with Crippen LogP contribution in [-0.2, 0) is 6.42 Å². The highest BCUT2D eigenvalue weighted by Crippen LogP contribution is 2.32. The van der Waals surface area contributed by atoms with E-state index in [-0.39, 0.29) is 0 Å². The molecule has 2 N–H and O–H groups in total. The number of hydrogen-bond acceptors (Lipinski definition) is 4. The van der Waals surface area contributed by atoms with Gasteiger partial charge < -0.3 is 14.9 Å². The van der Waals surface area contributed by atoms with Crippen molar-refractivity contribution in [3.05, 3.63) is 35.3 Å². The highest BCUT2D eigenvalue weighted by atomic mass is 35.5. The smallest absolute Gasteiger partial charge is 0.194 e. The number of ether oxygens (including phenoxy) is 1. The molecule has 0 saturated carbocycles. The van der Waals surface area contributed by atoms with Crippen LogP contribution in [0.25, 0.3) is 11.3 Å². The predicted octanol–water partition coefficient (Wildman–Crippen LogP) is 2.89. The lowest BCUT2D eigenvalue weighted by atomic mass is 10.1. The van der Waals surface area contributed by atoms with Crippen molar-refractivity contribution < 1.29 is 9.15 Å². The summed E-state index contributed by atoms with van der Waals surface area (Å²) in [5, 5.41) is 0.630. The van der Waals surface area contributed by atoms with Crippen molar-refractivity contribution in [2.24, 2.45) is 5.73 Å². The van der Waals surface area contributed by atoms with Gasteiger partial charge in [-0.2, -0.15) is 0 Å². The quantitative estimate of drug-likeness (QED) is 0.904. The Morgan fingerprint density at radius 2 is 2.28 bits per heavy atom. The van der Waals surface area contributed by atoms with Gasteiger partial charge in [-0.15, -0.1) is 0 Å². The Morgan fingerprint density at radius 1 is 1.44 bits per heavy atom. The highest BCUT2D eigenvalue weighted by Gasteiger charge is 2.12. The van der Waals surface area contributed by atoms with Crippen molar-refractivity contribution in [3.8, 4) is 17.1 Å². The lowest BCUT2D eigenvalue weighted by Crippen LogP contribution is -2.00. The van der Waals surface area contributed by atoms with Crippen molar-refractivity contribution in [3.63, 3.8) is 0 Å². The number of benzene rings is 1. The van der Waals surface area contributed by atoms with Gasteiger partial charge in [0, 0.05) is 11.4 Å². The van der Waals surface area contributed by atoms with Crippen molar-refractivity contribution in [2.75, 3.05) is 13.7 Å². The van der Waals surface area contributed by atoms with Crippen LogP contribution in [0.15, 0.2) is 28.8 Å². The molecule has 0 atom stereocenters. The van der Waals surface area contributed by atoms with Crippen LogP contribution in [-0.4, -0.2) is 18.6 Å². The van der Waals surface area contributed by atoms with E-state index in [4.69, 9.17) is 26.5 Å². The first kappa shape index (κ1) is 12.9. The normalized spacial score (nSPS) is 10.6. The summed E-state index contributed by atoms with van der Waals surface area (Å²) in [5.41, 5.74) is 6.26. The van der Waals surface area contributed by atoms with Crippen molar-refractivity contribution in [1.29, 1.82) is 0 Å². The molecule has 0 bridgehead atoms. The molecule has 0 unspecified atom stereocenters. The van der Waals surface area contributed by atoms with Crippen LogP contribution in [0.4, 0.5) is 0 Å². The summed E-state index contributed by atoms with van der Waals surface area (Å²) in [6.45, 7) is 0.623. The molecule has 5 heteroatoms. The Hall–Kier alpha value is -1.52. The minimum absolute atomic E-state index is 0.623. The third-order valence-electron chi connectivity index (χ3n) is 2.58. The Bertz CT molecular complexity index is 525. The number of aryl methyl sites for hydroxylation is 1. The van der Waals surface area contributed by atoms with Crippen LogP contribution in [0.1, 0.15) is 12.3 Å². The number of nitrogens with two attached hydrogens (primary N) is 1. The summed E-state index contributed by atoms with van der Waals surface area (Å²) in [4.78, 5) is 4.21. The van der Waals surface area contributed by atoms with Gasteiger partial charge in [0.2, 0.25) is 0 Å². The van der Waals surface area contributed by atoms with E-state index in [0.717, 1.165) is 18.4 Å². The minimum atomic E-state index is 0.623. The minimum Gasteiger partial charge on any atom is -0.496 e. The molecular weight excluding hydrogens is 252 g/mol. The summed E-state index contributed by atoms with van der Waals surface area (Å²) in [6, 6.07) is 5.38. The highest BCUT2D eigenvalue weighted by molar-refractivity contribution is 6.30. The van der Waals surface area contributed by atoms with Gasteiger partial charge in [-0.3, -0.25) is 0 Å². The Balaban J connectivity index is 2.30. The van der Waals surface area contributed by atoms with Crippen molar-refractivity contribution in [1.82, 2.24) is 4.98 Å². The molecule has 2 aromatic rings. The molecule has 0 spiro atoms. The molecule has 1 aromatic heterocycles. The Labute approximate surface area is 111 Å². The molecule has 0 aliphatic rings. The maximum atomic E-state index is 5.98. The van der Waals surface area contributed by atoms with E-state index in [9.17, 15) is 0 Å². The third kappa shape index (κ3) is 2.83. The lowest BCUT2D eigenvalue weighted by molar-refractivity contribution is 0.413. The average Bonchev–Trinajstić information content (AvgIpc) is 2.85. The summed E-state index contributed by atoms with van der Waals surface area (Å²) >= 11 is 5.98. The number of hydrogen-bond donors (Lipinski definition) is 1. The van der Waals surface area contributed by atoms with E-state index in [1.807, 2.05) is 0 Å². The third-order valence-corrected chi connectivity index (χ3v) is 2.81. The molecule has 18 heavy (non-hydrogen) atoms. The Kier molecular flexibility index (Phi) is 4.23. The molecule has 0 aliphatic carbocycles. The molecule has 2 rings (SSSR count). The van der Waals surface area contributed by atoms with E-state index in [1.54, 1.807) is 31.5 Å². The molecule has 0 fully saturated rings. The Morgan fingerprint density at radius 3 is 3.00 bits per heavy atom. The van der Waals surface area contributed by atoms with Crippen LogP contribution in [0.5, 0.6) is 5.75 Å². The predicted molar refractivity (Wildman–Crippen MR) is 70.9 cm³/mol. The molecule has 0 radical (unpaired) electrons. The van der Waals surface area contributed by atoms with E-state index in [2.05, 4.69) is 4.98 Å². The average molecular weight is 267 g/mol. The standard InChI is InChI=1S/C13H15ClN2O2/c1-17-11-5-4-9(14)7-10(11)12-8-16-13(18-12)3-2-6-15/h4-5,7-8H,2-3,6,15H2,1H3. The second kappa shape index (κ2) is 5.89. The molecular formula is C13H15ClN2O2. The topological polar surface area (TPSA) is 61.3 Å². The second-order valence-electron chi connectivity index (χ2n) is 3.86. The van der Waals surface area contributed by atoms with Crippen LogP contribution in [0.3, 0.4) is 0 Å². The number of aromatic nitrogens is 1. The maximum Gasteiger partial charge on any atom is 0.194 e. The molecule has 96 valence electrons. The monoisotopic (exact) mass is 266 g/mol. The van der Waals surface area contributed by atoms with Gasteiger partial charge in [0.1, 0.15) is 5.75 Å². The van der Waals surface area contributed by atoms with Gasteiger partial charge in [-0.05, 0) is 31.2 Å². The zero-order chi connectivity index (χ0) is 13.0. The number of nitrogens with zero attached hydrogens (tertiary/aromatic N) is 1. The van der Waals surface area contributed by atoms with Gasteiger partial charge in [-0.1, -0.05) is 11.6 Å². The van der Waals surface area contributed by atoms with E-state index in [1.165, 1.54) is 0 Å². The lowest BCUT2D eigenvalue weighted by Gasteiger charge is -2.05. The summed E-state index contributed by atoms with van der Waals surface area (Å²) in [5.74, 6) is 2.04. The molecule has 0 amide bonds. The second-order valence-corrected chi connectivity index (χ2v) is 4.29. The number of oxazole rings is 1. The van der Waals surface area contributed by atoms with Gasteiger partial charge >= 0.3 is 0 Å². The molecule has 0 aliphatic heterocycles. The maximum absolute atomic E-state index is 5.98. The first-order valence-corrected chi connectivity index (χ1v) is 6.11. The molecule has 1 aromatic carbocycles. The van der Waals surface area contributed by atoms with E-state index in [0.29, 0.717) is 29.0 Å².